The van der Waals surface area contributed by atoms with Gasteiger partial charge < -0.3 is 0 Å². The zero-order valence-electron chi connectivity index (χ0n) is 24.4. The van der Waals surface area contributed by atoms with Crippen molar-refractivity contribution in [2.75, 3.05) is 12.5 Å². The van der Waals surface area contributed by atoms with Crippen LogP contribution in [0.2, 0.25) is 0 Å². The predicted molar refractivity (Wildman–Crippen MR) is 157 cm³/mol. The minimum atomic E-state index is -3.72. The van der Waals surface area contributed by atoms with Crippen LogP contribution in [-0.2, 0) is 58.9 Å². The molecule has 1 aliphatic rings. The van der Waals surface area contributed by atoms with Gasteiger partial charge in [0.05, 0.1) is 23.9 Å². The molecule has 5 N–H and O–H groups in total. The molecule has 248 valence electrons. The summed E-state index contributed by atoms with van der Waals surface area (Å²) in [5.41, 5.74) is 0. The van der Waals surface area contributed by atoms with Crippen molar-refractivity contribution in [3.63, 3.8) is 0 Å². The van der Waals surface area contributed by atoms with E-state index in [1.54, 1.807) is 55.4 Å². The summed E-state index contributed by atoms with van der Waals surface area (Å²) < 4.78 is 93.9. The molecule has 0 aromatic rings. The molecule has 0 aromatic carbocycles. The van der Waals surface area contributed by atoms with Gasteiger partial charge in [0.2, 0.25) is 47.8 Å². The summed E-state index contributed by atoms with van der Waals surface area (Å²) >= 11 is 0. The summed E-state index contributed by atoms with van der Waals surface area (Å²) in [4.78, 5) is 32.3. The van der Waals surface area contributed by atoms with Crippen molar-refractivity contribution in [3.8, 4) is 0 Å². The molecule has 3 amide bonds. The number of rotatable bonds is 9. The van der Waals surface area contributed by atoms with E-state index in [4.69, 9.17) is 0 Å². The second-order valence-corrected chi connectivity index (χ2v) is 16.4. The summed E-state index contributed by atoms with van der Waals surface area (Å²) in [5.74, 6) is -2.23. The van der Waals surface area contributed by atoms with E-state index < -0.39 is 58.1 Å². The van der Waals surface area contributed by atoms with E-state index in [0.29, 0.717) is 12.8 Å². The van der Waals surface area contributed by atoms with Crippen LogP contribution in [0.4, 0.5) is 0 Å². The van der Waals surface area contributed by atoms with E-state index in [0.717, 1.165) is 12.5 Å². The van der Waals surface area contributed by atoms with E-state index in [1.165, 1.54) is 0 Å². The van der Waals surface area contributed by atoms with Gasteiger partial charge >= 0.3 is 10.3 Å². The highest BCUT2D eigenvalue weighted by Crippen LogP contribution is 2.27. The summed E-state index contributed by atoms with van der Waals surface area (Å²) in [5, 5.41) is 4.17. The van der Waals surface area contributed by atoms with Gasteiger partial charge in [0.25, 0.3) is 0 Å². The van der Waals surface area contributed by atoms with Crippen LogP contribution in [0.25, 0.3) is 0 Å². The summed E-state index contributed by atoms with van der Waals surface area (Å²) in [6, 6.07) is 0. The van der Waals surface area contributed by atoms with Crippen LogP contribution in [0.3, 0.4) is 0 Å². The highest BCUT2D eigenvalue weighted by molar-refractivity contribution is 7.91. The van der Waals surface area contributed by atoms with Crippen molar-refractivity contribution in [1.82, 2.24) is 14.2 Å². The minimum absolute atomic E-state index is 0. The molecule has 0 bridgehead atoms. The molecule has 41 heavy (non-hydrogen) atoms. The third-order valence-corrected chi connectivity index (χ3v) is 7.31. The van der Waals surface area contributed by atoms with E-state index >= 15 is 0 Å². The van der Waals surface area contributed by atoms with Crippen molar-refractivity contribution in [1.29, 1.82) is 0 Å². The highest BCUT2D eigenvalue weighted by Gasteiger charge is 2.37. The lowest BCUT2D eigenvalue weighted by Crippen LogP contribution is -2.35. The maximum Gasteiger partial charge on any atom is 0.333 e. The number of carbonyl (C=O) groups is 3. The lowest BCUT2D eigenvalue weighted by atomic mass is 10.2. The van der Waals surface area contributed by atoms with Crippen LogP contribution in [0, 0.1) is 17.8 Å². The van der Waals surface area contributed by atoms with Gasteiger partial charge in [-0.3, -0.25) is 32.7 Å². The minimum Gasteiger partial charge on any atom is -0.274 e. The van der Waals surface area contributed by atoms with Gasteiger partial charge in [0.15, 0.2) is 0 Å². The van der Waals surface area contributed by atoms with Gasteiger partial charge in [-0.25, -0.2) is 30.4 Å². The first-order chi connectivity index (χ1) is 17.5. The van der Waals surface area contributed by atoms with Crippen molar-refractivity contribution in [3.05, 3.63) is 0 Å². The van der Waals surface area contributed by atoms with Crippen LogP contribution in [0.15, 0.2) is 0 Å². The second kappa shape index (κ2) is 19.3. The Labute approximate surface area is 246 Å². The van der Waals surface area contributed by atoms with Crippen LogP contribution in [0.5, 0.6) is 0 Å². The molecule has 0 saturated heterocycles. The molecule has 0 heterocycles. The Kier molecular flexibility index (Phi) is 21.7. The van der Waals surface area contributed by atoms with E-state index in [2.05, 4.69) is 14.0 Å². The quantitative estimate of drug-likeness (QED) is 0.250. The first-order valence-corrected chi connectivity index (χ1v) is 18.6. The van der Waals surface area contributed by atoms with Crippen LogP contribution in [0.1, 0.15) is 75.7 Å². The monoisotopic (exact) mass is 676 g/mol. The van der Waals surface area contributed by atoms with Gasteiger partial charge in [0, 0.05) is 17.8 Å². The molecule has 1 fully saturated rings. The second-order valence-electron chi connectivity index (χ2n) is 9.79. The van der Waals surface area contributed by atoms with Gasteiger partial charge in [-0.15, -0.1) is 0 Å². The number of carbonyl (C=O) groups excluding carboxylic acids is 3. The third kappa shape index (κ3) is 32.5. The molecule has 0 unspecified atom stereocenters. The zero-order chi connectivity index (χ0) is 32.9. The van der Waals surface area contributed by atoms with E-state index in [-0.39, 0.29) is 36.5 Å². The molecule has 0 spiro atoms. The molecule has 0 radical (unpaired) electrons. The highest BCUT2D eigenvalue weighted by atomic mass is 32.2. The standard InChI is InChI=1S/C7H13NO3S.2C5H11NO3S.C3H9NO3S.CH4/c1-5(2)7(9)8-12(10,11)6-3-4-6;2*1-4(2)5(7)6-10(3,8)9;1-3(2)7-8(4,5)6;/h5-6H,3-4H2,1-2H3,(H,8,9);2*4H,1-3H3,(H,6,7);3H,1-2H3,(H2,4,5,6);1H4. The van der Waals surface area contributed by atoms with Crippen molar-refractivity contribution < 1.29 is 52.2 Å². The van der Waals surface area contributed by atoms with Crippen LogP contribution < -0.4 is 19.3 Å². The molecule has 20 heteroatoms. The molecule has 0 aliphatic heterocycles. The Bertz CT molecular complexity index is 1200. The molecule has 1 rings (SSSR count). The van der Waals surface area contributed by atoms with Gasteiger partial charge in [-0.2, -0.15) is 8.42 Å². The average molecular weight is 677 g/mol. The SMILES string of the molecule is C.CC(C)C(=O)NS(=O)(=O)C1CC1.CC(C)C(=O)NS(C)(=O)=O.CC(C)C(=O)NS(C)(=O)=O.CC(C)OS(N)(=O)=O. The number of hydrogen-bond acceptors (Lipinski definition) is 12. The number of amides is 3. The molecule has 1 saturated carbocycles. The molecule has 16 nitrogen and oxygen atoms in total. The fraction of sp³-hybridized carbons (Fsp3) is 0.857. The predicted octanol–water partition coefficient (Wildman–Crippen LogP) is -0.0618. The fourth-order valence-corrected chi connectivity index (χ4v) is 4.77. The number of hydrogen-bond donors (Lipinski definition) is 4. The Morgan fingerprint density at radius 3 is 1.02 bits per heavy atom. The van der Waals surface area contributed by atoms with Crippen molar-refractivity contribution in [2.45, 2.75) is 87.0 Å². The van der Waals surface area contributed by atoms with Crippen LogP contribution in [-0.4, -0.2) is 75.3 Å². The maximum absolute atomic E-state index is 11.2. The normalized spacial score (nSPS) is 13.3. The smallest absolute Gasteiger partial charge is 0.274 e. The molecule has 1 aliphatic carbocycles. The van der Waals surface area contributed by atoms with E-state index in [9.17, 15) is 48.1 Å². The Morgan fingerprint density at radius 2 is 0.902 bits per heavy atom. The molecular formula is C21H48N4O12S4. The number of nitrogens with one attached hydrogen (secondary N) is 3. The Hall–Kier alpha value is -1.87. The largest absolute Gasteiger partial charge is 0.333 e. The van der Waals surface area contributed by atoms with Crippen molar-refractivity contribution in [2.24, 2.45) is 22.9 Å². The Balaban J connectivity index is -0.000000223. The first kappa shape index (κ1) is 46.1. The topological polar surface area (TPSA) is 259 Å². The summed E-state index contributed by atoms with van der Waals surface area (Å²) in [6.45, 7) is 13.0. The number of sulfonamides is 3. The first-order valence-electron chi connectivity index (χ1n) is 11.8. The average Bonchev–Trinajstić information content (AvgIpc) is 3.50. The van der Waals surface area contributed by atoms with Crippen LogP contribution >= 0.6 is 0 Å². The molecule has 0 atom stereocenters. The zero-order valence-corrected chi connectivity index (χ0v) is 27.7. The lowest BCUT2D eigenvalue weighted by Gasteiger charge is -2.06. The van der Waals surface area contributed by atoms with Gasteiger partial charge in [-0.1, -0.05) is 49.0 Å². The van der Waals surface area contributed by atoms with Gasteiger partial charge in [0.1, 0.15) is 0 Å². The third-order valence-electron chi connectivity index (χ3n) is 3.68. The summed E-state index contributed by atoms with van der Waals surface area (Å²) in [6.07, 6.45) is 2.90. The Morgan fingerprint density at radius 1 is 0.634 bits per heavy atom. The number of nitrogens with two attached hydrogens (primary N) is 1. The molecular weight excluding hydrogens is 629 g/mol. The lowest BCUT2D eigenvalue weighted by molar-refractivity contribution is -0.123. The fourth-order valence-electron chi connectivity index (χ4n) is 1.59. The van der Waals surface area contributed by atoms with E-state index in [1.807, 2.05) is 9.44 Å². The maximum atomic E-state index is 11.2. The van der Waals surface area contributed by atoms with Gasteiger partial charge in [-0.05, 0) is 26.7 Å². The summed E-state index contributed by atoms with van der Waals surface area (Å²) in [7, 11) is -13.8. The molecule has 0 aromatic heterocycles. The van der Waals surface area contributed by atoms with Crippen molar-refractivity contribution >= 4 is 58.1 Å².